The Morgan fingerprint density at radius 1 is 1.13 bits per heavy atom. The molecule has 4 rings (SSSR count). The summed E-state index contributed by atoms with van der Waals surface area (Å²) >= 11 is 0. The van der Waals surface area contributed by atoms with Crippen LogP contribution in [0.5, 0.6) is 5.75 Å². The number of nitrogens with zero attached hydrogens (tertiary/aromatic N) is 2. The van der Waals surface area contributed by atoms with Gasteiger partial charge in [0.2, 0.25) is 5.91 Å². The molecule has 1 aliphatic heterocycles. The van der Waals surface area contributed by atoms with Crippen molar-refractivity contribution in [3.63, 3.8) is 0 Å². The Labute approximate surface area is 173 Å². The van der Waals surface area contributed by atoms with Gasteiger partial charge in [-0.3, -0.25) is 14.6 Å². The fraction of sp³-hybridized carbons (Fsp3) is 0.261. The summed E-state index contributed by atoms with van der Waals surface area (Å²) < 4.78 is 19.2. The summed E-state index contributed by atoms with van der Waals surface area (Å²) in [5.41, 5.74) is 7.59. The number of piperidine rings is 1. The third-order valence-corrected chi connectivity index (χ3v) is 5.61. The number of fused-ring (bicyclic) bond motifs is 1. The summed E-state index contributed by atoms with van der Waals surface area (Å²) in [6.45, 7) is 1.10. The number of benzene rings is 2. The maximum absolute atomic E-state index is 14.1. The Bertz CT molecular complexity index is 1110. The lowest BCUT2D eigenvalue weighted by atomic mass is 9.93. The van der Waals surface area contributed by atoms with Crippen LogP contribution in [0.1, 0.15) is 28.8 Å². The number of methoxy groups -OCH3 is 1. The van der Waals surface area contributed by atoms with Gasteiger partial charge in [0.25, 0.3) is 0 Å². The van der Waals surface area contributed by atoms with Crippen molar-refractivity contribution in [1.82, 2.24) is 4.98 Å². The number of amides is 1. The van der Waals surface area contributed by atoms with E-state index in [1.165, 1.54) is 12.1 Å². The predicted molar refractivity (Wildman–Crippen MR) is 112 cm³/mol. The second-order valence-corrected chi connectivity index (χ2v) is 7.40. The van der Waals surface area contributed by atoms with Crippen molar-refractivity contribution in [2.24, 2.45) is 11.7 Å². The zero-order valence-electron chi connectivity index (χ0n) is 16.6. The van der Waals surface area contributed by atoms with E-state index in [0.29, 0.717) is 59.4 Å². The third-order valence-electron chi connectivity index (χ3n) is 5.61. The summed E-state index contributed by atoms with van der Waals surface area (Å²) in [6, 6.07) is 11.2. The highest BCUT2D eigenvalue weighted by Crippen LogP contribution is 2.34. The van der Waals surface area contributed by atoms with E-state index in [2.05, 4.69) is 4.98 Å². The molecule has 2 aromatic carbocycles. The molecule has 0 radical (unpaired) electrons. The molecule has 2 N–H and O–H groups in total. The zero-order valence-corrected chi connectivity index (χ0v) is 16.6. The van der Waals surface area contributed by atoms with Crippen molar-refractivity contribution in [2.45, 2.75) is 12.8 Å². The van der Waals surface area contributed by atoms with E-state index >= 15 is 0 Å². The van der Waals surface area contributed by atoms with E-state index in [4.69, 9.17) is 10.5 Å². The minimum absolute atomic E-state index is 0.188. The third kappa shape index (κ3) is 3.70. The minimum atomic E-state index is -0.397. The maximum Gasteiger partial charge on any atom is 0.220 e. The van der Waals surface area contributed by atoms with Crippen LogP contribution < -0.4 is 15.4 Å². The Balaban J connectivity index is 1.80. The van der Waals surface area contributed by atoms with Gasteiger partial charge < -0.3 is 15.4 Å². The number of rotatable bonds is 5. The molecule has 1 saturated heterocycles. The number of hydrogen-bond acceptors (Lipinski definition) is 5. The van der Waals surface area contributed by atoms with E-state index in [-0.39, 0.29) is 17.6 Å². The van der Waals surface area contributed by atoms with Crippen LogP contribution in [0.2, 0.25) is 0 Å². The van der Waals surface area contributed by atoms with Crippen LogP contribution in [-0.2, 0) is 4.79 Å². The summed E-state index contributed by atoms with van der Waals surface area (Å²) in [5, 5.41) is 0.576. The number of nitrogens with two attached hydrogens (primary N) is 1. The number of hydrogen-bond donors (Lipinski definition) is 1. The van der Waals surface area contributed by atoms with Crippen LogP contribution in [-0.4, -0.2) is 36.9 Å². The molecular formula is C23H22FN3O3. The topological polar surface area (TPSA) is 85.5 Å². The van der Waals surface area contributed by atoms with Crippen LogP contribution in [0.4, 0.5) is 10.1 Å². The van der Waals surface area contributed by atoms with Gasteiger partial charge >= 0.3 is 0 Å². The number of halogens is 1. The molecule has 0 aliphatic carbocycles. The van der Waals surface area contributed by atoms with Crippen molar-refractivity contribution < 1.29 is 18.7 Å². The quantitative estimate of drug-likeness (QED) is 0.656. The smallest absolute Gasteiger partial charge is 0.220 e. The number of pyridine rings is 1. The van der Waals surface area contributed by atoms with Gasteiger partial charge in [-0.2, -0.15) is 0 Å². The van der Waals surface area contributed by atoms with Crippen LogP contribution in [0, 0.1) is 11.7 Å². The standard InChI is InChI=1S/C23H22FN3O3/c1-30-17-5-2-14(3-6-17)22(28)19-13-26-20-7-4-16(24)12-18(20)21(19)27-10-8-15(9-11-27)23(25)29/h2-7,12-13,15H,8-11H2,1H3,(H2,25,29). The highest BCUT2D eigenvalue weighted by Gasteiger charge is 2.28. The zero-order chi connectivity index (χ0) is 21.3. The van der Waals surface area contributed by atoms with Crippen molar-refractivity contribution in [2.75, 3.05) is 25.1 Å². The molecule has 0 atom stereocenters. The lowest BCUT2D eigenvalue weighted by molar-refractivity contribution is -0.122. The van der Waals surface area contributed by atoms with E-state index < -0.39 is 5.82 Å². The van der Waals surface area contributed by atoms with Crippen LogP contribution >= 0.6 is 0 Å². The summed E-state index contributed by atoms with van der Waals surface area (Å²) in [7, 11) is 1.56. The molecule has 0 unspecified atom stereocenters. The van der Waals surface area contributed by atoms with Crippen LogP contribution in [0.15, 0.2) is 48.7 Å². The number of primary amides is 1. The first-order valence-electron chi connectivity index (χ1n) is 9.79. The Morgan fingerprint density at radius 3 is 2.47 bits per heavy atom. The Hall–Kier alpha value is -3.48. The van der Waals surface area contributed by atoms with E-state index in [1.807, 2.05) is 4.90 Å². The maximum atomic E-state index is 14.1. The molecule has 3 aromatic rings. The van der Waals surface area contributed by atoms with E-state index in [9.17, 15) is 14.0 Å². The number of carbonyl (C=O) groups excluding carboxylic acids is 2. The molecule has 1 aliphatic rings. The first kappa shape index (κ1) is 19.8. The van der Waals surface area contributed by atoms with Crippen molar-refractivity contribution in [1.29, 1.82) is 0 Å². The monoisotopic (exact) mass is 407 g/mol. The summed E-state index contributed by atoms with van der Waals surface area (Å²) in [4.78, 5) is 31.3. The molecule has 1 amide bonds. The molecular weight excluding hydrogens is 385 g/mol. The first-order chi connectivity index (χ1) is 14.5. The molecule has 1 fully saturated rings. The largest absolute Gasteiger partial charge is 0.497 e. The lowest BCUT2D eigenvalue weighted by Crippen LogP contribution is -2.39. The second kappa shape index (κ2) is 8.10. The van der Waals surface area contributed by atoms with Gasteiger partial charge in [0.05, 0.1) is 23.9 Å². The molecule has 30 heavy (non-hydrogen) atoms. The van der Waals surface area contributed by atoms with Gasteiger partial charge in [-0.15, -0.1) is 0 Å². The van der Waals surface area contributed by atoms with Gasteiger partial charge in [0, 0.05) is 36.2 Å². The van der Waals surface area contributed by atoms with Gasteiger partial charge in [0.1, 0.15) is 11.6 Å². The number of ketones is 1. The molecule has 6 nitrogen and oxygen atoms in total. The average molecular weight is 407 g/mol. The van der Waals surface area contributed by atoms with Gasteiger partial charge in [-0.05, 0) is 55.3 Å². The summed E-state index contributed by atoms with van der Waals surface area (Å²) in [5.74, 6) is -0.449. The highest BCUT2D eigenvalue weighted by atomic mass is 19.1. The van der Waals surface area contributed by atoms with Crippen molar-refractivity contribution in [3.05, 3.63) is 65.6 Å². The predicted octanol–water partition coefficient (Wildman–Crippen LogP) is 3.32. The van der Waals surface area contributed by atoms with Crippen LogP contribution in [0.25, 0.3) is 10.9 Å². The molecule has 1 aromatic heterocycles. The SMILES string of the molecule is COc1ccc(C(=O)c2cnc3ccc(F)cc3c2N2CCC(C(N)=O)CC2)cc1. The highest BCUT2D eigenvalue weighted by molar-refractivity contribution is 6.16. The average Bonchev–Trinajstić information content (AvgIpc) is 2.78. The van der Waals surface area contributed by atoms with Gasteiger partial charge in [-0.25, -0.2) is 4.39 Å². The van der Waals surface area contributed by atoms with Crippen molar-refractivity contribution >= 4 is 28.3 Å². The molecule has 0 bridgehead atoms. The normalized spacial score (nSPS) is 14.7. The van der Waals surface area contributed by atoms with Gasteiger partial charge in [0.15, 0.2) is 5.78 Å². The second-order valence-electron chi connectivity index (χ2n) is 7.40. The number of anilines is 1. The molecule has 2 heterocycles. The Morgan fingerprint density at radius 2 is 1.83 bits per heavy atom. The molecule has 0 saturated carbocycles. The summed E-state index contributed by atoms with van der Waals surface area (Å²) in [6.07, 6.45) is 2.72. The Kier molecular flexibility index (Phi) is 5.35. The number of aromatic nitrogens is 1. The lowest BCUT2D eigenvalue weighted by Gasteiger charge is -2.34. The number of carbonyl (C=O) groups is 2. The fourth-order valence-electron chi connectivity index (χ4n) is 3.94. The van der Waals surface area contributed by atoms with E-state index in [1.54, 1.807) is 43.6 Å². The van der Waals surface area contributed by atoms with Crippen LogP contribution in [0.3, 0.4) is 0 Å². The minimum Gasteiger partial charge on any atom is -0.497 e. The van der Waals surface area contributed by atoms with Crippen molar-refractivity contribution in [3.8, 4) is 5.75 Å². The molecule has 154 valence electrons. The van der Waals surface area contributed by atoms with E-state index in [0.717, 1.165) is 0 Å². The first-order valence-corrected chi connectivity index (χ1v) is 9.79. The van der Waals surface area contributed by atoms with Gasteiger partial charge in [-0.1, -0.05) is 0 Å². The molecule has 0 spiro atoms. The molecule has 7 heteroatoms. The number of ether oxygens (including phenoxy) is 1. The fourth-order valence-corrected chi connectivity index (χ4v) is 3.94.